The van der Waals surface area contributed by atoms with Gasteiger partial charge in [-0.1, -0.05) is 0 Å². The van der Waals surface area contributed by atoms with Crippen molar-refractivity contribution in [3.63, 3.8) is 0 Å². The third kappa shape index (κ3) is 2.82. The molecule has 4 N–H and O–H groups in total. The molecule has 1 unspecified atom stereocenters. The Morgan fingerprint density at radius 2 is 2.44 bits per heavy atom. The van der Waals surface area contributed by atoms with Crippen LogP contribution in [0.5, 0.6) is 0 Å². The molecule has 0 saturated carbocycles. The van der Waals surface area contributed by atoms with E-state index in [1.54, 1.807) is 11.8 Å². The molecule has 2 rings (SSSR count). The molecule has 1 aromatic heterocycles. The number of carbonyl (C=O) groups is 1. The van der Waals surface area contributed by atoms with Crippen LogP contribution in [0.2, 0.25) is 0 Å². The summed E-state index contributed by atoms with van der Waals surface area (Å²) in [7, 11) is 0. The molecule has 0 radical (unpaired) electrons. The molecule has 1 fully saturated rings. The first-order valence-electron chi connectivity index (χ1n) is 5.37. The Balaban J connectivity index is 2.29. The summed E-state index contributed by atoms with van der Waals surface area (Å²) in [6.07, 6.45) is -0.730. The van der Waals surface area contributed by atoms with E-state index in [1.165, 1.54) is 0 Å². The average molecular weight is 271 g/mol. The van der Waals surface area contributed by atoms with Crippen LogP contribution in [-0.2, 0) is 16.0 Å². The number of hydrogen-bond donors (Lipinski definition) is 3. The van der Waals surface area contributed by atoms with E-state index in [-0.39, 0.29) is 17.5 Å². The van der Waals surface area contributed by atoms with Gasteiger partial charge in [0.2, 0.25) is 0 Å². The Morgan fingerprint density at radius 1 is 1.67 bits per heavy atom. The van der Waals surface area contributed by atoms with Crippen LogP contribution in [0, 0.1) is 0 Å². The van der Waals surface area contributed by atoms with Gasteiger partial charge in [0.1, 0.15) is 17.7 Å². The lowest BCUT2D eigenvalue weighted by atomic mass is 10.2. The molecule has 98 valence electrons. The minimum absolute atomic E-state index is 0.0188. The van der Waals surface area contributed by atoms with Gasteiger partial charge in [-0.3, -0.25) is 9.59 Å². The normalized spacial score (nSPS) is 19.7. The van der Waals surface area contributed by atoms with Crippen molar-refractivity contribution in [1.82, 2.24) is 9.97 Å². The quantitative estimate of drug-likeness (QED) is 0.695. The number of nitrogens with one attached hydrogen (secondary N) is 1. The minimum Gasteiger partial charge on any atom is -0.481 e. The summed E-state index contributed by atoms with van der Waals surface area (Å²) in [5, 5.41) is 8.67. The molecule has 1 atom stereocenters. The van der Waals surface area contributed by atoms with Gasteiger partial charge in [-0.05, 0) is 0 Å². The number of rotatable bonds is 3. The molecular formula is C10H13N3O4S. The van der Waals surface area contributed by atoms with Gasteiger partial charge >= 0.3 is 5.97 Å². The Kier molecular flexibility index (Phi) is 3.87. The number of ether oxygens (including phenoxy) is 1. The number of carboxylic acid groups (broad SMARTS) is 1. The van der Waals surface area contributed by atoms with Crippen LogP contribution in [0.25, 0.3) is 0 Å². The smallest absolute Gasteiger partial charge is 0.308 e. The molecular weight excluding hydrogens is 258 g/mol. The lowest BCUT2D eigenvalue weighted by Crippen LogP contribution is -2.26. The standard InChI is InChI=1S/C10H13N3O4S/c11-8-5(3-7(14)15)10(16)13-9(12-8)6-4-18-2-1-17-6/h6H,1-4H2,(H,14,15)(H3,11,12,13,16). The van der Waals surface area contributed by atoms with Crippen molar-refractivity contribution >= 4 is 23.5 Å². The number of aliphatic carboxylic acids is 1. The van der Waals surface area contributed by atoms with Gasteiger partial charge < -0.3 is 20.6 Å². The van der Waals surface area contributed by atoms with E-state index >= 15 is 0 Å². The van der Waals surface area contributed by atoms with Crippen molar-refractivity contribution in [3.8, 4) is 0 Å². The van der Waals surface area contributed by atoms with Gasteiger partial charge in [-0.2, -0.15) is 11.8 Å². The van der Waals surface area contributed by atoms with E-state index in [4.69, 9.17) is 15.6 Å². The predicted octanol–water partition coefficient (Wildman–Crippen LogP) is -0.216. The summed E-state index contributed by atoms with van der Waals surface area (Å²) >= 11 is 1.70. The topological polar surface area (TPSA) is 118 Å². The number of nitrogen functional groups attached to an aromatic ring is 1. The molecule has 0 bridgehead atoms. The number of hydrogen-bond acceptors (Lipinski definition) is 6. The highest BCUT2D eigenvalue weighted by Crippen LogP contribution is 2.24. The summed E-state index contributed by atoms with van der Waals surface area (Å²) < 4.78 is 5.47. The molecule has 0 aliphatic carbocycles. The number of nitrogens with two attached hydrogens (primary N) is 1. The molecule has 0 amide bonds. The second-order valence-corrected chi connectivity index (χ2v) is 4.97. The maximum atomic E-state index is 11.7. The average Bonchev–Trinajstić information content (AvgIpc) is 2.34. The molecule has 0 aromatic carbocycles. The fraction of sp³-hybridized carbons (Fsp3) is 0.500. The number of carboxylic acids is 1. The number of aromatic nitrogens is 2. The Bertz CT molecular complexity index is 510. The lowest BCUT2D eigenvalue weighted by molar-refractivity contribution is -0.136. The Morgan fingerprint density at radius 3 is 3.00 bits per heavy atom. The van der Waals surface area contributed by atoms with Crippen molar-refractivity contribution in [2.24, 2.45) is 0 Å². The second kappa shape index (κ2) is 5.40. The molecule has 2 heterocycles. The number of H-pyrrole nitrogens is 1. The van der Waals surface area contributed by atoms with Crippen molar-refractivity contribution in [2.75, 3.05) is 23.8 Å². The highest BCUT2D eigenvalue weighted by molar-refractivity contribution is 7.99. The van der Waals surface area contributed by atoms with E-state index in [2.05, 4.69) is 9.97 Å². The number of aromatic amines is 1. The zero-order chi connectivity index (χ0) is 13.1. The molecule has 1 aliphatic heterocycles. The van der Waals surface area contributed by atoms with Crippen molar-refractivity contribution in [3.05, 3.63) is 21.7 Å². The Labute approximate surface area is 107 Å². The van der Waals surface area contributed by atoms with Crippen LogP contribution in [0.1, 0.15) is 17.5 Å². The van der Waals surface area contributed by atoms with Crippen LogP contribution in [0.3, 0.4) is 0 Å². The van der Waals surface area contributed by atoms with Crippen LogP contribution in [-0.4, -0.2) is 39.2 Å². The largest absolute Gasteiger partial charge is 0.481 e. The summed E-state index contributed by atoms with van der Waals surface area (Å²) in [5.74, 6) is 0.800. The summed E-state index contributed by atoms with van der Waals surface area (Å²) in [4.78, 5) is 28.9. The SMILES string of the molecule is Nc1nc(C2CSCCO2)[nH]c(=O)c1CC(=O)O. The van der Waals surface area contributed by atoms with Gasteiger partial charge in [0, 0.05) is 11.5 Å². The maximum Gasteiger partial charge on any atom is 0.308 e. The van der Waals surface area contributed by atoms with Crippen molar-refractivity contribution < 1.29 is 14.6 Å². The van der Waals surface area contributed by atoms with Crippen LogP contribution in [0.15, 0.2) is 4.79 Å². The third-order valence-electron chi connectivity index (χ3n) is 2.51. The first-order valence-corrected chi connectivity index (χ1v) is 6.53. The fourth-order valence-electron chi connectivity index (χ4n) is 1.65. The molecule has 8 heteroatoms. The van der Waals surface area contributed by atoms with Crippen LogP contribution < -0.4 is 11.3 Å². The third-order valence-corrected chi connectivity index (χ3v) is 3.51. The molecule has 1 saturated heterocycles. The Hall–Kier alpha value is -1.54. The predicted molar refractivity (Wildman–Crippen MR) is 66.6 cm³/mol. The zero-order valence-corrected chi connectivity index (χ0v) is 10.3. The lowest BCUT2D eigenvalue weighted by Gasteiger charge is -2.21. The number of thioether (sulfide) groups is 1. The van der Waals surface area contributed by atoms with E-state index in [0.29, 0.717) is 18.2 Å². The minimum atomic E-state index is -1.12. The monoisotopic (exact) mass is 271 g/mol. The van der Waals surface area contributed by atoms with Gasteiger partial charge in [-0.25, -0.2) is 4.98 Å². The molecule has 7 nitrogen and oxygen atoms in total. The molecule has 1 aliphatic rings. The highest BCUT2D eigenvalue weighted by atomic mass is 32.2. The van der Waals surface area contributed by atoms with E-state index in [9.17, 15) is 9.59 Å². The summed E-state index contributed by atoms with van der Waals surface area (Å²) in [6, 6.07) is 0. The van der Waals surface area contributed by atoms with Crippen LogP contribution >= 0.6 is 11.8 Å². The van der Waals surface area contributed by atoms with Gasteiger partial charge in [0.15, 0.2) is 0 Å². The zero-order valence-electron chi connectivity index (χ0n) is 9.51. The van der Waals surface area contributed by atoms with Crippen LogP contribution in [0.4, 0.5) is 5.82 Å². The van der Waals surface area contributed by atoms with Gasteiger partial charge in [0.25, 0.3) is 5.56 Å². The molecule has 1 aromatic rings. The van der Waals surface area contributed by atoms with E-state index in [1.807, 2.05) is 0 Å². The number of nitrogens with zero attached hydrogens (tertiary/aromatic N) is 1. The molecule has 0 spiro atoms. The highest BCUT2D eigenvalue weighted by Gasteiger charge is 2.21. The first kappa shape index (κ1) is 12.9. The molecule has 18 heavy (non-hydrogen) atoms. The van der Waals surface area contributed by atoms with Crippen molar-refractivity contribution in [1.29, 1.82) is 0 Å². The van der Waals surface area contributed by atoms with E-state index < -0.39 is 17.9 Å². The second-order valence-electron chi connectivity index (χ2n) is 3.82. The van der Waals surface area contributed by atoms with Gasteiger partial charge in [0.05, 0.1) is 18.6 Å². The number of anilines is 1. The van der Waals surface area contributed by atoms with Gasteiger partial charge in [-0.15, -0.1) is 0 Å². The maximum absolute atomic E-state index is 11.7. The summed E-state index contributed by atoms with van der Waals surface area (Å²) in [5.41, 5.74) is 5.09. The fourth-order valence-corrected chi connectivity index (χ4v) is 2.50. The van der Waals surface area contributed by atoms with Crippen molar-refractivity contribution in [2.45, 2.75) is 12.5 Å². The van der Waals surface area contributed by atoms with E-state index in [0.717, 1.165) is 5.75 Å². The first-order chi connectivity index (χ1) is 8.58. The summed E-state index contributed by atoms with van der Waals surface area (Å²) in [6.45, 7) is 0.593.